The highest BCUT2D eigenvalue weighted by molar-refractivity contribution is 6.31. The third-order valence-corrected chi connectivity index (χ3v) is 4.22. The van der Waals surface area contributed by atoms with Crippen LogP contribution in [-0.2, 0) is 21.5 Å². The van der Waals surface area contributed by atoms with Gasteiger partial charge in [-0.15, -0.1) is 0 Å². The molecule has 1 aromatic heterocycles. The average Bonchev–Trinajstić information content (AvgIpc) is 2.99. The number of aromatic nitrogens is 2. The summed E-state index contributed by atoms with van der Waals surface area (Å²) >= 11 is 6.16. The highest BCUT2D eigenvalue weighted by Gasteiger charge is 2.40. The molecular weight excluding hydrogens is 292 g/mol. The second kappa shape index (κ2) is 6.13. The number of ether oxygens (including phenoxy) is 2. The van der Waals surface area contributed by atoms with Gasteiger partial charge in [0.15, 0.2) is 11.4 Å². The Morgan fingerprint density at radius 2 is 2.05 bits per heavy atom. The molecule has 0 N–H and O–H groups in total. The zero-order chi connectivity index (χ0) is 14.7. The van der Waals surface area contributed by atoms with Crippen LogP contribution in [0.2, 0.25) is 5.02 Å². The van der Waals surface area contributed by atoms with Gasteiger partial charge in [-0.05, 0) is 11.6 Å². The molecule has 5 nitrogen and oxygen atoms in total. The lowest BCUT2D eigenvalue weighted by molar-refractivity contribution is -0.111. The van der Waals surface area contributed by atoms with Crippen molar-refractivity contribution in [3.63, 3.8) is 0 Å². The van der Waals surface area contributed by atoms with Gasteiger partial charge in [-0.2, -0.15) is 4.98 Å². The summed E-state index contributed by atoms with van der Waals surface area (Å²) in [5.41, 5.74) is 0.453. The fourth-order valence-electron chi connectivity index (χ4n) is 2.53. The molecule has 0 radical (unpaired) electrons. The second-order valence-electron chi connectivity index (χ2n) is 5.09. The summed E-state index contributed by atoms with van der Waals surface area (Å²) in [5, 5.41) is 4.76. The Balaban J connectivity index is 1.81. The van der Waals surface area contributed by atoms with Gasteiger partial charge in [-0.1, -0.05) is 35.0 Å². The molecule has 2 heterocycles. The summed E-state index contributed by atoms with van der Waals surface area (Å²) in [7, 11) is 1.67. The normalized spacial score (nSPS) is 17.8. The zero-order valence-corrected chi connectivity index (χ0v) is 12.6. The molecule has 1 aromatic carbocycles. The molecule has 0 aliphatic carbocycles. The van der Waals surface area contributed by atoms with E-state index in [0.29, 0.717) is 36.4 Å². The lowest BCUT2D eigenvalue weighted by atomic mass is 9.94. The summed E-state index contributed by atoms with van der Waals surface area (Å²) in [5.74, 6) is 1.14. The zero-order valence-electron chi connectivity index (χ0n) is 11.8. The predicted octanol–water partition coefficient (Wildman–Crippen LogP) is 2.97. The molecule has 112 valence electrons. The van der Waals surface area contributed by atoms with Crippen LogP contribution in [0.25, 0.3) is 0 Å². The van der Waals surface area contributed by atoms with Crippen LogP contribution in [0.1, 0.15) is 30.1 Å². The van der Waals surface area contributed by atoms with E-state index in [0.717, 1.165) is 18.4 Å². The van der Waals surface area contributed by atoms with E-state index >= 15 is 0 Å². The number of halogens is 1. The third kappa shape index (κ3) is 2.95. The van der Waals surface area contributed by atoms with Crippen molar-refractivity contribution in [3.8, 4) is 0 Å². The Bertz CT molecular complexity index is 608. The van der Waals surface area contributed by atoms with Crippen LogP contribution in [-0.4, -0.2) is 30.5 Å². The molecule has 0 saturated carbocycles. The maximum absolute atomic E-state index is 6.16. The molecule has 0 bridgehead atoms. The molecule has 1 saturated heterocycles. The van der Waals surface area contributed by atoms with Gasteiger partial charge in [-0.3, -0.25) is 0 Å². The van der Waals surface area contributed by atoms with Gasteiger partial charge in [0.2, 0.25) is 0 Å². The number of rotatable bonds is 4. The highest BCUT2D eigenvalue weighted by atomic mass is 35.5. The monoisotopic (exact) mass is 308 g/mol. The van der Waals surface area contributed by atoms with Crippen molar-refractivity contribution in [3.05, 3.63) is 46.6 Å². The van der Waals surface area contributed by atoms with Crippen LogP contribution in [0, 0.1) is 0 Å². The fourth-order valence-corrected chi connectivity index (χ4v) is 2.73. The van der Waals surface area contributed by atoms with Crippen LogP contribution in [0.3, 0.4) is 0 Å². The Morgan fingerprint density at radius 1 is 1.29 bits per heavy atom. The van der Waals surface area contributed by atoms with Crippen molar-refractivity contribution in [2.75, 3.05) is 20.3 Å². The van der Waals surface area contributed by atoms with E-state index in [2.05, 4.69) is 10.1 Å². The molecule has 0 atom stereocenters. The summed E-state index contributed by atoms with van der Waals surface area (Å²) < 4.78 is 16.5. The first-order valence-corrected chi connectivity index (χ1v) is 7.31. The van der Waals surface area contributed by atoms with Crippen molar-refractivity contribution in [2.45, 2.75) is 24.9 Å². The summed E-state index contributed by atoms with van der Waals surface area (Å²) in [6, 6.07) is 7.65. The second-order valence-corrected chi connectivity index (χ2v) is 5.50. The largest absolute Gasteiger partial charge is 0.381 e. The van der Waals surface area contributed by atoms with Crippen molar-refractivity contribution < 1.29 is 14.0 Å². The smallest absolute Gasteiger partial charge is 0.259 e. The molecule has 21 heavy (non-hydrogen) atoms. The minimum atomic E-state index is -0.524. The summed E-state index contributed by atoms with van der Waals surface area (Å²) in [4.78, 5) is 4.50. The van der Waals surface area contributed by atoms with Gasteiger partial charge in [-0.25, -0.2) is 0 Å². The van der Waals surface area contributed by atoms with E-state index < -0.39 is 5.60 Å². The predicted molar refractivity (Wildman–Crippen MR) is 77.3 cm³/mol. The van der Waals surface area contributed by atoms with Gasteiger partial charge >= 0.3 is 0 Å². The van der Waals surface area contributed by atoms with Crippen LogP contribution in [0.5, 0.6) is 0 Å². The molecule has 1 aliphatic heterocycles. The molecule has 2 aromatic rings. The van der Waals surface area contributed by atoms with E-state index in [1.54, 1.807) is 7.11 Å². The maximum atomic E-state index is 6.16. The molecule has 6 heteroatoms. The van der Waals surface area contributed by atoms with Gasteiger partial charge in [0.1, 0.15) is 0 Å². The van der Waals surface area contributed by atoms with Gasteiger partial charge < -0.3 is 14.0 Å². The lowest BCUT2D eigenvalue weighted by Gasteiger charge is -2.32. The molecule has 1 fully saturated rings. The standard InChI is InChI=1S/C15H17ClN2O3/c1-19-15(6-8-20-9-7-15)14-17-13(18-21-14)10-11-4-2-3-5-12(11)16/h2-5H,6-10H2,1H3. The number of hydrogen-bond acceptors (Lipinski definition) is 5. The van der Waals surface area contributed by atoms with Crippen LogP contribution in [0.15, 0.2) is 28.8 Å². The number of hydrogen-bond donors (Lipinski definition) is 0. The van der Waals surface area contributed by atoms with Crippen molar-refractivity contribution in [2.24, 2.45) is 0 Å². The number of benzene rings is 1. The Labute approximate surface area is 128 Å². The molecule has 0 spiro atoms. The topological polar surface area (TPSA) is 57.4 Å². The minimum Gasteiger partial charge on any atom is -0.381 e. The van der Waals surface area contributed by atoms with Crippen LogP contribution < -0.4 is 0 Å². The van der Waals surface area contributed by atoms with Gasteiger partial charge in [0.25, 0.3) is 5.89 Å². The average molecular weight is 309 g/mol. The van der Waals surface area contributed by atoms with Gasteiger partial charge in [0.05, 0.1) is 0 Å². The third-order valence-electron chi connectivity index (χ3n) is 3.86. The van der Waals surface area contributed by atoms with E-state index in [9.17, 15) is 0 Å². The van der Waals surface area contributed by atoms with Crippen molar-refractivity contribution in [1.29, 1.82) is 0 Å². The number of nitrogens with zero attached hydrogens (tertiary/aromatic N) is 2. The first-order valence-electron chi connectivity index (χ1n) is 6.93. The summed E-state index contributed by atoms with van der Waals surface area (Å²) in [6.45, 7) is 1.27. The summed E-state index contributed by atoms with van der Waals surface area (Å²) in [6.07, 6.45) is 1.98. The van der Waals surface area contributed by atoms with E-state index in [1.807, 2.05) is 24.3 Å². The maximum Gasteiger partial charge on any atom is 0.259 e. The fraction of sp³-hybridized carbons (Fsp3) is 0.467. The quantitative estimate of drug-likeness (QED) is 0.869. The molecule has 3 rings (SSSR count). The van der Waals surface area contributed by atoms with Crippen molar-refractivity contribution >= 4 is 11.6 Å². The first-order chi connectivity index (χ1) is 10.2. The first kappa shape index (κ1) is 14.5. The van der Waals surface area contributed by atoms with E-state index in [-0.39, 0.29) is 0 Å². The lowest BCUT2D eigenvalue weighted by Crippen LogP contribution is -2.36. The van der Waals surface area contributed by atoms with Crippen molar-refractivity contribution in [1.82, 2.24) is 10.1 Å². The molecular formula is C15H17ClN2O3. The van der Waals surface area contributed by atoms with E-state index in [1.165, 1.54) is 0 Å². The van der Waals surface area contributed by atoms with Crippen LogP contribution >= 0.6 is 11.6 Å². The SMILES string of the molecule is COC1(c2nc(Cc3ccccc3Cl)no2)CCOCC1. The van der Waals surface area contributed by atoms with E-state index in [4.69, 9.17) is 25.6 Å². The highest BCUT2D eigenvalue weighted by Crippen LogP contribution is 2.34. The van der Waals surface area contributed by atoms with Crippen LogP contribution in [0.4, 0.5) is 0 Å². The molecule has 0 amide bonds. The molecule has 0 unspecified atom stereocenters. The Morgan fingerprint density at radius 3 is 2.76 bits per heavy atom. The van der Waals surface area contributed by atoms with Gasteiger partial charge in [0, 0.05) is 44.6 Å². The molecule has 1 aliphatic rings. The Kier molecular flexibility index (Phi) is 4.24. The minimum absolute atomic E-state index is 0.523. The Hall–Kier alpha value is -1.43. The number of methoxy groups -OCH3 is 1.